The van der Waals surface area contributed by atoms with Gasteiger partial charge in [0.25, 0.3) is 5.56 Å². The second-order valence-corrected chi connectivity index (χ2v) is 5.34. The predicted octanol–water partition coefficient (Wildman–Crippen LogP) is 0.757. The van der Waals surface area contributed by atoms with Crippen LogP contribution in [0.2, 0.25) is 0 Å². The maximum Gasteiger partial charge on any atom is 0.470 e. The van der Waals surface area contributed by atoms with Gasteiger partial charge >= 0.3 is 17.8 Å². The second-order valence-electron chi connectivity index (χ2n) is 5.34. The van der Waals surface area contributed by atoms with Crippen LogP contribution in [0, 0.1) is 0 Å². The van der Waals surface area contributed by atoms with E-state index < -0.39 is 35.8 Å². The number of halogens is 3. The van der Waals surface area contributed by atoms with Gasteiger partial charge < -0.3 is 8.98 Å². The molecule has 0 atom stereocenters. The van der Waals surface area contributed by atoms with Crippen LogP contribution < -0.4 is 11.2 Å². The van der Waals surface area contributed by atoms with E-state index in [0.717, 1.165) is 15.6 Å². The Kier molecular flexibility index (Phi) is 3.97. The average Bonchev–Trinajstić information content (AvgIpc) is 3.16. The number of alkyl halides is 3. The highest BCUT2D eigenvalue weighted by Crippen LogP contribution is 2.27. The Morgan fingerprint density at radius 1 is 1.24 bits per heavy atom. The van der Waals surface area contributed by atoms with E-state index in [0.29, 0.717) is 6.54 Å². The minimum absolute atomic E-state index is 0.180. The van der Waals surface area contributed by atoms with Gasteiger partial charge in [-0.1, -0.05) is 6.92 Å². The lowest BCUT2D eigenvalue weighted by molar-refractivity contribution is -0.157. The first-order valence-electron chi connectivity index (χ1n) is 7.28. The van der Waals surface area contributed by atoms with Crippen molar-refractivity contribution in [2.75, 3.05) is 0 Å². The number of aromatic nitrogens is 6. The van der Waals surface area contributed by atoms with Crippen LogP contribution in [0.4, 0.5) is 13.2 Å². The van der Waals surface area contributed by atoms with Crippen LogP contribution in [-0.2, 0) is 26.3 Å². The van der Waals surface area contributed by atoms with E-state index in [9.17, 15) is 22.8 Å². The molecule has 0 saturated carbocycles. The largest absolute Gasteiger partial charge is 0.470 e. The van der Waals surface area contributed by atoms with E-state index in [-0.39, 0.29) is 11.2 Å². The molecule has 0 saturated heterocycles. The average molecular weight is 358 g/mol. The molecule has 0 fully saturated rings. The molecule has 3 heterocycles. The van der Waals surface area contributed by atoms with Gasteiger partial charge in [0.05, 0.1) is 6.33 Å². The third kappa shape index (κ3) is 2.83. The maximum absolute atomic E-state index is 12.6. The van der Waals surface area contributed by atoms with Gasteiger partial charge in [0.2, 0.25) is 5.89 Å². The van der Waals surface area contributed by atoms with Crippen LogP contribution in [0.25, 0.3) is 11.2 Å². The number of rotatable bonds is 4. The molecule has 25 heavy (non-hydrogen) atoms. The van der Waals surface area contributed by atoms with Crippen molar-refractivity contribution in [2.24, 2.45) is 7.05 Å². The fourth-order valence-electron chi connectivity index (χ4n) is 2.44. The molecule has 9 nitrogen and oxygen atoms in total. The Morgan fingerprint density at radius 3 is 2.56 bits per heavy atom. The SMILES string of the molecule is CCCn1cnc2c1c(=O)n(Cc1nnc(C(F)(F)F)o1)c(=O)n2C. The third-order valence-electron chi connectivity index (χ3n) is 3.57. The van der Waals surface area contributed by atoms with Gasteiger partial charge in [-0.2, -0.15) is 13.2 Å². The third-order valence-corrected chi connectivity index (χ3v) is 3.57. The van der Waals surface area contributed by atoms with Crippen LogP contribution in [0.5, 0.6) is 0 Å². The Hall–Kier alpha value is -2.92. The topological polar surface area (TPSA) is 101 Å². The van der Waals surface area contributed by atoms with Crippen molar-refractivity contribution in [1.29, 1.82) is 0 Å². The normalized spacial score (nSPS) is 12.2. The van der Waals surface area contributed by atoms with E-state index >= 15 is 0 Å². The summed E-state index contributed by atoms with van der Waals surface area (Å²) in [6.07, 6.45) is -2.63. The molecule has 0 bridgehead atoms. The standard InChI is InChI=1S/C13H13F3N6O3/c1-3-4-21-6-17-9-8(21)10(23)22(12(24)20(9)2)5-7-18-19-11(25-7)13(14,15)16/h6H,3-5H2,1-2H3. The predicted molar refractivity (Wildman–Crippen MR) is 77.9 cm³/mol. The van der Waals surface area contributed by atoms with Crippen molar-refractivity contribution in [2.45, 2.75) is 32.6 Å². The van der Waals surface area contributed by atoms with Crippen molar-refractivity contribution in [3.05, 3.63) is 38.9 Å². The molecule has 0 unspecified atom stereocenters. The van der Waals surface area contributed by atoms with Crippen LogP contribution >= 0.6 is 0 Å². The molecule has 0 N–H and O–H groups in total. The van der Waals surface area contributed by atoms with E-state index in [1.807, 2.05) is 6.92 Å². The lowest BCUT2D eigenvalue weighted by Gasteiger charge is -2.07. The summed E-state index contributed by atoms with van der Waals surface area (Å²) in [7, 11) is 1.42. The van der Waals surface area contributed by atoms with Gasteiger partial charge in [0.1, 0.15) is 6.54 Å². The molecule has 0 aliphatic rings. The van der Waals surface area contributed by atoms with E-state index in [1.165, 1.54) is 13.4 Å². The summed E-state index contributed by atoms with van der Waals surface area (Å²) in [5, 5.41) is 6.13. The molecule has 3 aromatic heterocycles. The van der Waals surface area contributed by atoms with Crippen molar-refractivity contribution in [3.63, 3.8) is 0 Å². The first-order chi connectivity index (χ1) is 11.7. The van der Waals surface area contributed by atoms with Gasteiger partial charge in [-0.05, 0) is 6.42 Å². The smallest absolute Gasteiger partial charge is 0.415 e. The zero-order valence-corrected chi connectivity index (χ0v) is 13.2. The quantitative estimate of drug-likeness (QED) is 0.682. The Morgan fingerprint density at radius 2 is 1.96 bits per heavy atom. The van der Waals surface area contributed by atoms with Gasteiger partial charge in [-0.25, -0.2) is 14.3 Å². The van der Waals surface area contributed by atoms with Gasteiger partial charge in [-0.15, -0.1) is 10.2 Å². The molecule has 12 heteroatoms. The number of aryl methyl sites for hydroxylation is 2. The molecular weight excluding hydrogens is 345 g/mol. The molecule has 0 spiro atoms. The summed E-state index contributed by atoms with van der Waals surface area (Å²) >= 11 is 0. The van der Waals surface area contributed by atoms with Gasteiger partial charge in [-0.3, -0.25) is 9.36 Å². The lowest BCUT2D eigenvalue weighted by Crippen LogP contribution is -2.40. The van der Waals surface area contributed by atoms with Crippen LogP contribution in [-0.4, -0.2) is 28.9 Å². The summed E-state index contributed by atoms with van der Waals surface area (Å²) in [6, 6.07) is 0. The maximum atomic E-state index is 12.6. The van der Waals surface area contributed by atoms with Crippen molar-refractivity contribution < 1.29 is 17.6 Å². The fourth-order valence-corrected chi connectivity index (χ4v) is 2.44. The molecule has 0 amide bonds. The minimum Gasteiger partial charge on any atom is -0.415 e. The Bertz CT molecular complexity index is 1040. The van der Waals surface area contributed by atoms with Gasteiger partial charge in [0.15, 0.2) is 11.2 Å². The molecular formula is C13H13F3N6O3. The Balaban J connectivity index is 2.13. The lowest BCUT2D eigenvalue weighted by atomic mass is 10.4. The molecule has 0 aliphatic heterocycles. The number of hydrogen-bond acceptors (Lipinski definition) is 6. The van der Waals surface area contributed by atoms with E-state index in [4.69, 9.17) is 0 Å². The zero-order valence-electron chi connectivity index (χ0n) is 13.2. The highest BCUT2D eigenvalue weighted by molar-refractivity contribution is 5.69. The molecule has 3 aromatic rings. The van der Waals surface area contributed by atoms with E-state index in [2.05, 4.69) is 19.6 Å². The second kappa shape index (κ2) is 5.86. The number of fused-ring (bicyclic) bond motifs is 1. The molecule has 0 radical (unpaired) electrons. The molecule has 0 aromatic carbocycles. The van der Waals surface area contributed by atoms with Crippen LogP contribution in [0.15, 0.2) is 20.3 Å². The summed E-state index contributed by atoms with van der Waals surface area (Å²) in [5.74, 6) is -2.03. The van der Waals surface area contributed by atoms with Crippen LogP contribution in [0.1, 0.15) is 25.1 Å². The first-order valence-corrected chi connectivity index (χ1v) is 7.28. The van der Waals surface area contributed by atoms with Crippen LogP contribution in [0.3, 0.4) is 0 Å². The summed E-state index contributed by atoms with van der Waals surface area (Å²) in [4.78, 5) is 29.0. The fraction of sp³-hybridized carbons (Fsp3) is 0.462. The highest BCUT2D eigenvalue weighted by atomic mass is 19.4. The number of imidazole rings is 1. The molecule has 134 valence electrons. The number of hydrogen-bond donors (Lipinski definition) is 0. The van der Waals surface area contributed by atoms with Crippen molar-refractivity contribution in [3.8, 4) is 0 Å². The molecule has 0 aliphatic carbocycles. The minimum atomic E-state index is -4.80. The zero-order chi connectivity index (χ0) is 18.4. The first kappa shape index (κ1) is 16.9. The van der Waals surface area contributed by atoms with Gasteiger partial charge in [0, 0.05) is 13.6 Å². The monoisotopic (exact) mass is 358 g/mol. The summed E-state index contributed by atoms with van der Waals surface area (Å²) < 4.78 is 45.5. The Labute approximate surface area is 137 Å². The summed E-state index contributed by atoms with van der Waals surface area (Å²) in [5.41, 5.74) is -1.05. The van der Waals surface area contributed by atoms with E-state index in [1.54, 1.807) is 4.57 Å². The van der Waals surface area contributed by atoms with Crippen molar-refractivity contribution in [1.82, 2.24) is 28.9 Å². The highest BCUT2D eigenvalue weighted by Gasteiger charge is 2.38. The summed E-state index contributed by atoms with van der Waals surface area (Å²) in [6.45, 7) is 1.84. The number of nitrogens with zero attached hydrogens (tertiary/aromatic N) is 6. The molecule has 3 rings (SSSR count). The van der Waals surface area contributed by atoms with Crippen molar-refractivity contribution >= 4 is 11.2 Å².